The molecule has 0 bridgehead atoms. The second-order valence-corrected chi connectivity index (χ2v) is 5.14. The van der Waals surface area contributed by atoms with E-state index in [2.05, 4.69) is 5.32 Å². The summed E-state index contributed by atoms with van der Waals surface area (Å²) in [6.07, 6.45) is 0. The molecule has 0 aliphatic rings. The molecule has 0 aliphatic carbocycles. The Labute approximate surface area is 140 Å². The van der Waals surface area contributed by atoms with Crippen molar-refractivity contribution in [2.45, 2.75) is 6.54 Å². The van der Waals surface area contributed by atoms with Crippen LogP contribution < -0.4 is 15.8 Å². The number of methoxy groups -OCH3 is 1. The number of ether oxygens (including phenoxy) is 1. The van der Waals surface area contributed by atoms with E-state index in [1.807, 2.05) is 0 Å². The van der Waals surface area contributed by atoms with Gasteiger partial charge in [-0.25, -0.2) is 4.79 Å². The summed E-state index contributed by atoms with van der Waals surface area (Å²) in [5.41, 5.74) is 0.687. The molecule has 1 N–H and O–H groups in total. The topological polar surface area (TPSA) is 117 Å². The maximum Gasteiger partial charge on any atom is 0.420 e. The van der Waals surface area contributed by atoms with Crippen molar-refractivity contribution >= 4 is 28.4 Å². The van der Waals surface area contributed by atoms with Gasteiger partial charge in [-0.15, -0.1) is 0 Å². The minimum atomic E-state index is -0.764. The molecule has 3 aromatic rings. The minimum Gasteiger partial charge on any atom is -0.497 e. The van der Waals surface area contributed by atoms with E-state index in [9.17, 15) is 19.7 Å². The van der Waals surface area contributed by atoms with Gasteiger partial charge in [0.05, 0.1) is 17.5 Å². The number of oxazole rings is 1. The van der Waals surface area contributed by atoms with Gasteiger partial charge in [0, 0.05) is 17.8 Å². The summed E-state index contributed by atoms with van der Waals surface area (Å²) in [6.45, 7) is -0.334. The first kappa shape index (κ1) is 16.2. The number of nitrogens with zero attached hydrogens (tertiary/aromatic N) is 2. The summed E-state index contributed by atoms with van der Waals surface area (Å²) < 4.78 is 11.1. The van der Waals surface area contributed by atoms with E-state index in [1.54, 1.807) is 24.3 Å². The van der Waals surface area contributed by atoms with Crippen molar-refractivity contribution in [3.63, 3.8) is 0 Å². The monoisotopic (exact) mass is 343 g/mol. The molecule has 9 nitrogen and oxygen atoms in total. The Kier molecular flexibility index (Phi) is 4.21. The molecule has 0 unspecified atom stereocenters. The Hall–Kier alpha value is -3.62. The van der Waals surface area contributed by atoms with Crippen LogP contribution in [0.1, 0.15) is 0 Å². The van der Waals surface area contributed by atoms with E-state index < -0.39 is 16.6 Å². The number of rotatable bonds is 5. The predicted octanol–water partition coefficient (Wildman–Crippen LogP) is 2.15. The summed E-state index contributed by atoms with van der Waals surface area (Å²) in [5, 5.41) is 13.5. The predicted molar refractivity (Wildman–Crippen MR) is 88.8 cm³/mol. The van der Waals surface area contributed by atoms with Gasteiger partial charge in [0.15, 0.2) is 5.58 Å². The number of non-ortho nitro benzene ring substituents is 1. The number of fused-ring (bicyclic) bond motifs is 1. The number of hydrogen-bond acceptors (Lipinski definition) is 6. The van der Waals surface area contributed by atoms with Gasteiger partial charge in [0.25, 0.3) is 5.69 Å². The molecule has 0 radical (unpaired) electrons. The molecule has 1 aromatic heterocycles. The molecular formula is C16H13N3O6. The molecule has 9 heteroatoms. The molecule has 0 atom stereocenters. The van der Waals surface area contributed by atoms with E-state index in [4.69, 9.17) is 9.15 Å². The van der Waals surface area contributed by atoms with E-state index in [0.29, 0.717) is 11.4 Å². The molecule has 0 fully saturated rings. The highest BCUT2D eigenvalue weighted by Gasteiger charge is 2.16. The van der Waals surface area contributed by atoms with E-state index in [0.717, 1.165) is 4.57 Å². The first-order valence-corrected chi connectivity index (χ1v) is 7.19. The highest BCUT2D eigenvalue weighted by Crippen LogP contribution is 2.20. The average Bonchev–Trinajstić information content (AvgIpc) is 2.90. The highest BCUT2D eigenvalue weighted by atomic mass is 16.6. The van der Waals surface area contributed by atoms with Gasteiger partial charge in [-0.1, -0.05) is 0 Å². The van der Waals surface area contributed by atoms with Gasteiger partial charge >= 0.3 is 5.76 Å². The van der Waals surface area contributed by atoms with E-state index >= 15 is 0 Å². The Morgan fingerprint density at radius 3 is 2.64 bits per heavy atom. The Morgan fingerprint density at radius 1 is 1.28 bits per heavy atom. The van der Waals surface area contributed by atoms with Crippen LogP contribution in [0.4, 0.5) is 11.4 Å². The van der Waals surface area contributed by atoms with Crippen molar-refractivity contribution in [1.29, 1.82) is 0 Å². The zero-order valence-corrected chi connectivity index (χ0v) is 13.1. The quantitative estimate of drug-likeness (QED) is 0.560. The SMILES string of the molecule is COc1ccc(NC(=O)Cn2c(=O)oc3ccc([N+](=O)[O-])cc32)cc1. The number of nitro benzene ring substituents is 1. The number of carbonyl (C=O) groups is 1. The Morgan fingerprint density at radius 2 is 2.00 bits per heavy atom. The molecule has 0 saturated carbocycles. The van der Waals surface area contributed by atoms with E-state index in [-0.39, 0.29) is 23.3 Å². The van der Waals surface area contributed by atoms with Gasteiger partial charge in [0.2, 0.25) is 5.91 Å². The second kappa shape index (κ2) is 6.48. The number of benzene rings is 2. The van der Waals surface area contributed by atoms with Gasteiger partial charge in [0.1, 0.15) is 12.3 Å². The fourth-order valence-electron chi connectivity index (χ4n) is 2.33. The van der Waals surface area contributed by atoms with Crippen LogP contribution in [0.15, 0.2) is 51.7 Å². The van der Waals surface area contributed by atoms with Crippen molar-refractivity contribution in [3.05, 3.63) is 63.1 Å². The number of amides is 1. The largest absolute Gasteiger partial charge is 0.497 e. The lowest BCUT2D eigenvalue weighted by molar-refractivity contribution is -0.384. The Balaban J connectivity index is 1.84. The van der Waals surface area contributed by atoms with Gasteiger partial charge in [-0.3, -0.25) is 19.5 Å². The van der Waals surface area contributed by atoms with Crippen LogP contribution in [-0.4, -0.2) is 22.5 Å². The zero-order valence-electron chi connectivity index (χ0n) is 13.1. The van der Waals surface area contributed by atoms with Crippen molar-refractivity contribution in [2.24, 2.45) is 0 Å². The van der Waals surface area contributed by atoms with Crippen molar-refractivity contribution in [3.8, 4) is 5.75 Å². The average molecular weight is 343 g/mol. The molecule has 0 spiro atoms. The van der Waals surface area contributed by atoms with Crippen molar-refractivity contribution in [1.82, 2.24) is 4.57 Å². The van der Waals surface area contributed by atoms with Gasteiger partial charge < -0.3 is 14.5 Å². The lowest BCUT2D eigenvalue weighted by Gasteiger charge is -2.06. The standard InChI is InChI=1S/C16H13N3O6/c1-24-12-5-2-10(3-6-12)17-15(20)9-18-13-8-11(19(22)23)4-7-14(13)25-16(18)21/h2-8H,9H2,1H3,(H,17,20). The smallest absolute Gasteiger partial charge is 0.420 e. The molecule has 128 valence electrons. The van der Waals surface area contributed by atoms with Crippen LogP contribution in [0.25, 0.3) is 11.1 Å². The summed E-state index contributed by atoms with van der Waals surface area (Å²) >= 11 is 0. The zero-order chi connectivity index (χ0) is 18.0. The lowest BCUT2D eigenvalue weighted by atomic mass is 10.3. The highest BCUT2D eigenvalue weighted by molar-refractivity contribution is 5.91. The van der Waals surface area contributed by atoms with Gasteiger partial charge in [-0.2, -0.15) is 0 Å². The fourth-order valence-corrected chi connectivity index (χ4v) is 2.33. The van der Waals surface area contributed by atoms with Gasteiger partial charge in [-0.05, 0) is 30.3 Å². The summed E-state index contributed by atoms with van der Waals surface area (Å²) in [5.74, 6) is -0.593. The van der Waals surface area contributed by atoms with Crippen molar-refractivity contribution in [2.75, 3.05) is 12.4 Å². The molecule has 0 aliphatic heterocycles. The van der Waals surface area contributed by atoms with Crippen LogP contribution in [0.5, 0.6) is 5.75 Å². The third-order valence-corrected chi connectivity index (χ3v) is 3.54. The van der Waals surface area contributed by atoms with E-state index in [1.165, 1.54) is 25.3 Å². The second-order valence-electron chi connectivity index (χ2n) is 5.14. The first-order chi connectivity index (χ1) is 12.0. The third-order valence-electron chi connectivity index (χ3n) is 3.54. The number of nitrogens with one attached hydrogen (secondary N) is 1. The van der Waals surface area contributed by atoms with Crippen LogP contribution >= 0.6 is 0 Å². The summed E-state index contributed by atoms with van der Waals surface area (Å²) in [7, 11) is 1.53. The summed E-state index contributed by atoms with van der Waals surface area (Å²) in [4.78, 5) is 34.4. The minimum absolute atomic E-state index is 0.174. The third kappa shape index (κ3) is 3.34. The number of anilines is 1. The molecule has 25 heavy (non-hydrogen) atoms. The molecular weight excluding hydrogens is 330 g/mol. The number of aromatic nitrogens is 1. The fraction of sp³-hybridized carbons (Fsp3) is 0.125. The van der Waals surface area contributed by atoms with Crippen LogP contribution in [0, 0.1) is 10.1 Å². The molecule has 2 aromatic carbocycles. The Bertz CT molecular complexity index is 1000. The van der Waals surface area contributed by atoms with Crippen LogP contribution in [-0.2, 0) is 11.3 Å². The van der Waals surface area contributed by atoms with Crippen LogP contribution in [0.3, 0.4) is 0 Å². The number of hydrogen-bond donors (Lipinski definition) is 1. The molecule has 1 amide bonds. The molecule has 1 heterocycles. The maximum absolute atomic E-state index is 12.2. The normalized spacial score (nSPS) is 10.6. The van der Waals surface area contributed by atoms with Crippen LogP contribution in [0.2, 0.25) is 0 Å². The number of nitro groups is 1. The first-order valence-electron chi connectivity index (χ1n) is 7.19. The molecule has 0 saturated heterocycles. The molecule has 3 rings (SSSR count). The summed E-state index contributed by atoms with van der Waals surface area (Å²) in [6, 6.07) is 10.4. The maximum atomic E-state index is 12.2. The number of carbonyl (C=O) groups excluding carboxylic acids is 1. The lowest BCUT2D eigenvalue weighted by Crippen LogP contribution is -2.24. The van der Waals surface area contributed by atoms with Crippen molar-refractivity contribution < 1.29 is 18.9 Å².